The summed E-state index contributed by atoms with van der Waals surface area (Å²) in [5.41, 5.74) is 2.47. The normalized spacial score (nSPS) is 15.0. The lowest BCUT2D eigenvalue weighted by atomic mass is 10.1. The van der Waals surface area contributed by atoms with Crippen molar-refractivity contribution in [2.75, 3.05) is 25.0 Å². The fourth-order valence-corrected chi connectivity index (χ4v) is 4.42. The molecule has 2 aromatic carbocycles. The van der Waals surface area contributed by atoms with Crippen molar-refractivity contribution in [3.63, 3.8) is 0 Å². The van der Waals surface area contributed by atoms with Gasteiger partial charge in [-0.15, -0.1) is 0 Å². The molecule has 8 heteroatoms. The monoisotopic (exact) mass is 401 g/mol. The molecule has 0 saturated carbocycles. The Labute approximate surface area is 165 Å². The van der Waals surface area contributed by atoms with Gasteiger partial charge in [-0.2, -0.15) is 4.31 Å². The minimum absolute atomic E-state index is 0.228. The third-order valence-corrected chi connectivity index (χ3v) is 6.40. The highest BCUT2D eigenvalue weighted by atomic mass is 32.2. The average molecular weight is 401 g/mol. The van der Waals surface area contributed by atoms with Crippen LogP contribution < -0.4 is 5.32 Å². The number of rotatable bonds is 7. The second kappa shape index (κ2) is 8.99. The van der Waals surface area contributed by atoms with Crippen LogP contribution in [0, 0.1) is 6.92 Å². The topological polar surface area (TPSA) is 88.1 Å². The molecule has 0 atom stereocenters. The Bertz CT molecular complexity index is 950. The van der Waals surface area contributed by atoms with Gasteiger partial charge < -0.3 is 10.2 Å². The summed E-state index contributed by atoms with van der Waals surface area (Å²) in [5, 5.41) is 6.46. The van der Waals surface area contributed by atoms with Gasteiger partial charge in [0, 0.05) is 18.8 Å². The van der Waals surface area contributed by atoms with Crippen molar-refractivity contribution >= 4 is 27.8 Å². The average Bonchev–Trinajstić information content (AvgIpc) is 3.23. The summed E-state index contributed by atoms with van der Waals surface area (Å²) < 4.78 is 26.5. The third-order valence-electron chi connectivity index (χ3n) is 4.49. The first-order valence-corrected chi connectivity index (χ1v) is 10.5. The maximum atomic E-state index is 12.5. The predicted octanol–water partition coefficient (Wildman–Crippen LogP) is 2.77. The Morgan fingerprint density at radius 3 is 2.50 bits per heavy atom. The van der Waals surface area contributed by atoms with E-state index in [0.29, 0.717) is 18.8 Å². The second-order valence-electron chi connectivity index (χ2n) is 6.55. The first-order chi connectivity index (χ1) is 13.5. The molecule has 0 unspecified atom stereocenters. The smallest absolute Gasteiger partial charge is 0.265 e. The molecule has 0 spiro atoms. The van der Waals surface area contributed by atoms with Gasteiger partial charge >= 0.3 is 0 Å². The van der Waals surface area contributed by atoms with Crippen molar-refractivity contribution in [3.8, 4) is 0 Å². The molecule has 0 bridgehead atoms. The molecular formula is C20H23N3O4S. The lowest BCUT2D eigenvalue weighted by Gasteiger charge is -2.15. The predicted molar refractivity (Wildman–Crippen MR) is 108 cm³/mol. The van der Waals surface area contributed by atoms with Crippen LogP contribution in [0.25, 0.3) is 0 Å². The van der Waals surface area contributed by atoms with Gasteiger partial charge in [-0.25, -0.2) is 8.42 Å². The lowest BCUT2D eigenvalue weighted by Crippen LogP contribution is -2.27. The summed E-state index contributed by atoms with van der Waals surface area (Å²) in [7, 11) is -3.45. The van der Waals surface area contributed by atoms with Gasteiger partial charge in [-0.3, -0.25) is 4.79 Å². The van der Waals surface area contributed by atoms with E-state index in [9.17, 15) is 13.2 Å². The van der Waals surface area contributed by atoms with Crippen LogP contribution in [0.2, 0.25) is 0 Å². The molecule has 0 aliphatic carbocycles. The first-order valence-electron chi connectivity index (χ1n) is 9.08. The number of nitrogens with one attached hydrogen (secondary N) is 1. The molecule has 7 nitrogen and oxygen atoms in total. The minimum atomic E-state index is -3.45. The second-order valence-corrected chi connectivity index (χ2v) is 8.49. The number of sulfonamides is 1. The molecular weight excluding hydrogens is 378 g/mol. The lowest BCUT2D eigenvalue weighted by molar-refractivity contribution is -0.120. The summed E-state index contributed by atoms with van der Waals surface area (Å²) in [6.45, 7) is 2.83. The molecule has 1 aliphatic rings. The van der Waals surface area contributed by atoms with E-state index in [1.165, 1.54) is 16.4 Å². The van der Waals surface area contributed by atoms with Crippen molar-refractivity contribution in [2.24, 2.45) is 5.16 Å². The van der Waals surface area contributed by atoms with Gasteiger partial charge in [0.15, 0.2) is 6.61 Å². The van der Waals surface area contributed by atoms with E-state index in [-0.39, 0.29) is 17.4 Å². The Kier molecular flexibility index (Phi) is 6.43. The maximum Gasteiger partial charge on any atom is 0.265 e. The fraction of sp³-hybridized carbons (Fsp3) is 0.300. The summed E-state index contributed by atoms with van der Waals surface area (Å²) in [5.74, 6) is -0.378. The standard InChI is InChI=1S/C20H23N3O4S/c1-16-6-2-3-7-17(16)14-21-27-15-20(24)22-18-8-10-19(11-9-18)28(25,26)23-12-4-5-13-23/h2-3,6-11,14H,4-5,12-13,15H2,1H3,(H,22,24)/b21-14+. The van der Waals surface area contributed by atoms with E-state index < -0.39 is 10.0 Å². The molecule has 3 rings (SSSR count). The van der Waals surface area contributed by atoms with Gasteiger partial charge in [0.1, 0.15) is 0 Å². The molecule has 1 amide bonds. The SMILES string of the molecule is Cc1ccccc1/C=N/OCC(=O)Nc1ccc(S(=O)(=O)N2CCCC2)cc1. The summed E-state index contributed by atoms with van der Waals surface area (Å²) in [6, 6.07) is 13.8. The van der Waals surface area contributed by atoms with E-state index in [1.54, 1.807) is 18.3 Å². The van der Waals surface area contributed by atoms with E-state index in [1.807, 2.05) is 31.2 Å². The molecule has 0 radical (unpaired) electrons. The molecule has 148 valence electrons. The van der Waals surface area contributed by atoms with Crippen LogP contribution in [0.15, 0.2) is 58.6 Å². The number of carbonyl (C=O) groups excluding carboxylic acids is 1. The number of hydrogen-bond acceptors (Lipinski definition) is 5. The zero-order valence-electron chi connectivity index (χ0n) is 15.7. The summed E-state index contributed by atoms with van der Waals surface area (Å²) >= 11 is 0. The van der Waals surface area contributed by atoms with Gasteiger partial charge in [0.25, 0.3) is 5.91 Å². The molecule has 1 saturated heterocycles. The van der Waals surface area contributed by atoms with Crippen LogP contribution in [0.4, 0.5) is 5.69 Å². The molecule has 1 aliphatic heterocycles. The molecule has 1 heterocycles. The Hall–Kier alpha value is -2.71. The van der Waals surface area contributed by atoms with Crippen LogP contribution in [-0.2, 0) is 19.7 Å². The van der Waals surface area contributed by atoms with Crippen molar-refractivity contribution in [1.82, 2.24) is 4.31 Å². The van der Waals surface area contributed by atoms with Crippen LogP contribution in [0.1, 0.15) is 24.0 Å². The van der Waals surface area contributed by atoms with Crippen LogP contribution in [-0.4, -0.2) is 44.5 Å². The van der Waals surface area contributed by atoms with Crippen LogP contribution in [0.5, 0.6) is 0 Å². The van der Waals surface area contributed by atoms with E-state index in [0.717, 1.165) is 24.0 Å². The molecule has 2 aromatic rings. The number of anilines is 1. The van der Waals surface area contributed by atoms with E-state index in [4.69, 9.17) is 4.84 Å². The van der Waals surface area contributed by atoms with Crippen molar-refractivity contribution in [3.05, 3.63) is 59.7 Å². The van der Waals surface area contributed by atoms with E-state index in [2.05, 4.69) is 10.5 Å². The molecule has 1 fully saturated rings. The highest BCUT2D eigenvalue weighted by Crippen LogP contribution is 2.22. The summed E-state index contributed by atoms with van der Waals surface area (Å²) in [6.07, 6.45) is 3.33. The van der Waals surface area contributed by atoms with Crippen LogP contribution in [0.3, 0.4) is 0 Å². The fourth-order valence-electron chi connectivity index (χ4n) is 2.91. The van der Waals surface area contributed by atoms with E-state index >= 15 is 0 Å². The quantitative estimate of drug-likeness (QED) is 0.571. The van der Waals surface area contributed by atoms with Crippen LogP contribution >= 0.6 is 0 Å². The number of carbonyl (C=O) groups is 1. The number of amides is 1. The number of aryl methyl sites for hydroxylation is 1. The van der Waals surface area contributed by atoms with Gasteiger partial charge in [0.2, 0.25) is 10.0 Å². The van der Waals surface area contributed by atoms with Gasteiger partial charge in [-0.1, -0.05) is 29.4 Å². The highest BCUT2D eigenvalue weighted by molar-refractivity contribution is 7.89. The molecule has 28 heavy (non-hydrogen) atoms. The zero-order chi connectivity index (χ0) is 20.0. The summed E-state index contributed by atoms with van der Waals surface area (Å²) in [4.78, 5) is 17.2. The van der Waals surface area contributed by atoms with Gasteiger partial charge in [-0.05, 0) is 55.2 Å². The number of benzene rings is 2. The van der Waals surface area contributed by atoms with Crippen molar-refractivity contribution in [2.45, 2.75) is 24.7 Å². The maximum absolute atomic E-state index is 12.5. The number of hydrogen-bond donors (Lipinski definition) is 1. The molecule has 1 N–H and O–H groups in total. The Balaban J connectivity index is 1.51. The third kappa shape index (κ3) is 4.96. The zero-order valence-corrected chi connectivity index (χ0v) is 16.5. The molecule has 0 aromatic heterocycles. The Morgan fingerprint density at radius 1 is 1.14 bits per heavy atom. The van der Waals surface area contributed by atoms with Crippen molar-refractivity contribution < 1.29 is 18.0 Å². The first kappa shape index (κ1) is 20.0. The minimum Gasteiger partial charge on any atom is -0.386 e. The Morgan fingerprint density at radius 2 is 1.82 bits per heavy atom. The number of nitrogens with zero attached hydrogens (tertiary/aromatic N) is 2. The van der Waals surface area contributed by atoms with Gasteiger partial charge in [0.05, 0.1) is 11.1 Å². The highest BCUT2D eigenvalue weighted by Gasteiger charge is 2.26. The number of oxime groups is 1. The largest absolute Gasteiger partial charge is 0.386 e. The van der Waals surface area contributed by atoms with Crippen molar-refractivity contribution in [1.29, 1.82) is 0 Å².